The molecule has 0 saturated heterocycles. The average Bonchev–Trinajstić information content (AvgIpc) is 2.70. The summed E-state index contributed by atoms with van der Waals surface area (Å²) in [6, 6.07) is 14.2. The lowest BCUT2D eigenvalue weighted by Crippen LogP contribution is -2.26. The summed E-state index contributed by atoms with van der Waals surface area (Å²) in [5.41, 5.74) is 0.324. The van der Waals surface area contributed by atoms with Crippen LogP contribution >= 0.6 is 11.8 Å². The molecule has 0 saturated carbocycles. The van der Waals surface area contributed by atoms with Crippen molar-refractivity contribution in [3.8, 4) is 0 Å². The monoisotopic (exact) mass is 454 g/mol. The Kier molecular flexibility index (Phi) is 6.74. The van der Waals surface area contributed by atoms with Crippen LogP contribution in [0, 0.1) is 0 Å². The third-order valence-corrected chi connectivity index (χ3v) is 7.01. The molecular weight excluding hydrogens is 433 g/mol. The lowest BCUT2D eigenvalue weighted by Gasteiger charge is -2.12. The molecule has 30 heavy (non-hydrogen) atoms. The van der Waals surface area contributed by atoms with Crippen LogP contribution in [0.3, 0.4) is 0 Å². The quantitative estimate of drug-likeness (QED) is 0.381. The summed E-state index contributed by atoms with van der Waals surface area (Å²) < 4.78 is 66.8. The van der Waals surface area contributed by atoms with Crippen LogP contribution in [-0.4, -0.2) is 25.7 Å². The van der Waals surface area contributed by atoms with E-state index in [0.29, 0.717) is 16.2 Å². The number of pyridine rings is 1. The fourth-order valence-electron chi connectivity index (χ4n) is 2.86. The van der Waals surface area contributed by atoms with Crippen LogP contribution in [0.25, 0.3) is 10.9 Å². The molecule has 1 N–H and O–H groups in total. The molecule has 3 aromatic rings. The van der Waals surface area contributed by atoms with Gasteiger partial charge in [0.15, 0.2) is 0 Å². The van der Waals surface area contributed by atoms with Crippen molar-refractivity contribution in [2.45, 2.75) is 35.7 Å². The van der Waals surface area contributed by atoms with Gasteiger partial charge in [-0.1, -0.05) is 44.2 Å². The zero-order valence-electron chi connectivity index (χ0n) is 16.4. The van der Waals surface area contributed by atoms with E-state index >= 15 is 0 Å². The summed E-state index contributed by atoms with van der Waals surface area (Å²) in [6.07, 6.45) is -4.55. The summed E-state index contributed by atoms with van der Waals surface area (Å²) in [7, 11) is -3.69. The molecule has 0 atom stereocenters. The molecule has 0 fully saturated rings. The van der Waals surface area contributed by atoms with Gasteiger partial charge >= 0.3 is 6.18 Å². The standard InChI is InChI=1S/C21H21F3N2O2S2/c1-14(2)15-7-9-16(10-8-15)30(27,28)25-11-12-29-19-13-20(21(22,23)24)26-18-6-4-3-5-17(18)19/h3-10,13-14,25H,11-12H2,1-2H3. The second-order valence-electron chi connectivity index (χ2n) is 6.99. The number of thioether (sulfide) groups is 1. The van der Waals surface area contributed by atoms with Crippen molar-refractivity contribution in [2.24, 2.45) is 0 Å². The fourth-order valence-corrected chi connectivity index (χ4v) is 4.97. The normalized spacial score (nSPS) is 12.6. The molecule has 0 bridgehead atoms. The molecule has 0 radical (unpaired) electrons. The predicted molar refractivity (Wildman–Crippen MR) is 113 cm³/mol. The van der Waals surface area contributed by atoms with E-state index in [2.05, 4.69) is 9.71 Å². The van der Waals surface area contributed by atoms with Crippen LogP contribution in [0.2, 0.25) is 0 Å². The number of para-hydroxylation sites is 1. The van der Waals surface area contributed by atoms with Gasteiger partial charge < -0.3 is 0 Å². The van der Waals surface area contributed by atoms with E-state index in [1.807, 2.05) is 13.8 Å². The minimum Gasteiger partial charge on any atom is -0.243 e. The van der Waals surface area contributed by atoms with Gasteiger partial charge in [-0.2, -0.15) is 13.2 Å². The highest BCUT2D eigenvalue weighted by Gasteiger charge is 2.33. The van der Waals surface area contributed by atoms with Crippen molar-refractivity contribution < 1.29 is 21.6 Å². The molecule has 0 aliphatic carbocycles. The number of halogens is 3. The van der Waals surface area contributed by atoms with E-state index < -0.39 is 21.9 Å². The minimum absolute atomic E-state index is 0.0803. The largest absolute Gasteiger partial charge is 0.433 e. The Hall–Kier alpha value is -2.10. The highest BCUT2D eigenvalue weighted by Crippen LogP contribution is 2.34. The first-order valence-electron chi connectivity index (χ1n) is 9.27. The summed E-state index contributed by atoms with van der Waals surface area (Å²) >= 11 is 1.16. The van der Waals surface area contributed by atoms with Gasteiger partial charge in [-0.15, -0.1) is 11.8 Å². The number of aromatic nitrogens is 1. The molecule has 9 heteroatoms. The maximum atomic E-state index is 13.1. The van der Waals surface area contributed by atoms with Gasteiger partial charge in [-0.3, -0.25) is 0 Å². The van der Waals surface area contributed by atoms with Gasteiger partial charge in [-0.05, 0) is 35.7 Å². The molecule has 0 aliphatic rings. The molecule has 0 aliphatic heterocycles. The van der Waals surface area contributed by atoms with E-state index in [1.165, 1.54) is 6.07 Å². The highest BCUT2D eigenvalue weighted by atomic mass is 32.2. The van der Waals surface area contributed by atoms with Gasteiger partial charge in [0, 0.05) is 22.6 Å². The van der Waals surface area contributed by atoms with Gasteiger partial charge in [0.1, 0.15) is 5.69 Å². The van der Waals surface area contributed by atoms with E-state index in [9.17, 15) is 21.6 Å². The SMILES string of the molecule is CC(C)c1ccc(S(=O)(=O)NCCSc2cc(C(F)(F)F)nc3ccccc23)cc1. The number of nitrogens with one attached hydrogen (secondary N) is 1. The molecule has 4 nitrogen and oxygen atoms in total. The Balaban J connectivity index is 1.70. The molecule has 1 heterocycles. The van der Waals surface area contributed by atoms with Crippen LogP contribution in [0.1, 0.15) is 31.0 Å². The average molecular weight is 455 g/mol. The van der Waals surface area contributed by atoms with Crippen LogP contribution in [0.4, 0.5) is 13.2 Å². The lowest BCUT2D eigenvalue weighted by molar-refractivity contribution is -0.141. The summed E-state index contributed by atoms with van der Waals surface area (Å²) in [5, 5.41) is 0.600. The molecule has 2 aromatic carbocycles. The number of benzene rings is 2. The molecule has 3 rings (SSSR count). The number of hydrogen-bond acceptors (Lipinski definition) is 4. The third kappa shape index (κ3) is 5.33. The fraction of sp³-hybridized carbons (Fsp3) is 0.286. The number of fused-ring (bicyclic) bond motifs is 1. The maximum absolute atomic E-state index is 13.1. The van der Waals surface area contributed by atoms with Gasteiger partial charge in [0.05, 0.1) is 10.4 Å². The number of rotatable bonds is 7. The van der Waals surface area contributed by atoms with Crippen LogP contribution in [0.15, 0.2) is 64.4 Å². The van der Waals surface area contributed by atoms with Crippen LogP contribution in [-0.2, 0) is 16.2 Å². The second kappa shape index (κ2) is 8.95. The Morgan fingerprint density at radius 3 is 2.37 bits per heavy atom. The number of alkyl halides is 3. The van der Waals surface area contributed by atoms with Crippen molar-refractivity contribution >= 4 is 32.7 Å². The Bertz CT molecular complexity index is 1130. The predicted octanol–water partition coefficient (Wildman–Crippen LogP) is 5.45. The number of hydrogen-bond donors (Lipinski definition) is 1. The van der Waals surface area contributed by atoms with Crippen molar-refractivity contribution in [2.75, 3.05) is 12.3 Å². The zero-order chi connectivity index (χ0) is 21.9. The number of sulfonamides is 1. The van der Waals surface area contributed by atoms with Crippen LogP contribution < -0.4 is 4.72 Å². The van der Waals surface area contributed by atoms with Gasteiger partial charge in [0.25, 0.3) is 0 Å². The van der Waals surface area contributed by atoms with Crippen molar-refractivity contribution in [1.82, 2.24) is 9.71 Å². The van der Waals surface area contributed by atoms with Gasteiger partial charge in [-0.25, -0.2) is 18.1 Å². The van der Waals surface area contributed by atoms with Gasteiger partial charge in [0.2, 0.25) is 10.0 Å². The zero-order valence-corrected chi connectivity index (χ0v) is 18.0. The first-order valence-corrected chi connectivity index (χ1v) is 11.7. The summed E-state index contributed by atoms with van der Waals surface area (Å²) in [5.74, 6) is 0.567. The summed E-state index contributed by atoms with van der Waals surface area (Å²) in [4.78, 5) is 4.25. The van der Waals surface area contributed by atoms with Crippen molar-refractivity contribution in [3.05, 3.63) is 65.9 Å². The first kappa shape index (κ1) is 22.6. The molecule has 1 aromatic heterocycles. The Morgan fingerprint density at radius 2 is 1.73 bits per heavy atom. The van der Waals surface area contributed by atoms with E-state index in [1.54, 1.807) is 42.5 Å². The second-order valence-corrected chi connectivity index (χ2v) is 9.89. The summed E-state index contributed by atoms with van der Waals surface area (Å²) in [6.45, 7) is 4.12. The molecular formula is C21H21F3N2O2S2. The van der Waals surface area contributed by atoms with E-state index in [4.69, 9.17) is 0 Å². The Labute approximate surface area is 178 Å². The first-order chi connectivity index (χ1) is 14.1. The molecule has 0 spiro atoms. The maximum Gasteiger partial charge on any atom is 0.433 e. The van der Waals surface area contributed by atoms with Crippen molar-refractivity contribution in [3.63, 3.8) is 0 Å². The smallest absolute Gasteiger partial charge is 0.243 e. The topological polar surface area (TPSA) is 59.1 Å². The third-order valence-electron chi connectivity index (χ3n) is 4.48. The highest BCUT2D eigenvalue weighted by molar-refractivity contribution is 7.99. The Morgan fingerprint density at radius 1 is 1.07 bits per heavy atom. The van der Waals surface area contributed by atoms with Crippen LogP contribution in [0.5, 0.6) is 0 Å². The minimum atomic E-state index is -4.55. The van der Waals surface area contributed by atoms with E-state index in [0.717, 1.165) is 23.4 Å². The van der Waals surface area contributed by atoms with E-state index in [-0.39, 0.29) is 22.7 Å². The molecule has 0 amide bonds. The molecule has 160 valence electrons. The number of nitrogens with zero attached hydrogens (tertiary/aromatic N) is 1. The lowest BCUT2D eigenvalue weighted by atomic mass is 10.0. The molecule has 0 unspecified atom stereocenters. The van der Waals surface area contributed by atoms with Crippen molar-refractivity contribution in [1.29, 1.82) is 0 Å².